The number of hydrogen-bond donors (Lipinski definition) is 1. The fraction of sp³-hybridized carbons (Fsp3) is 0.500. The van der Waals surface area contributed by atoms with Crippen LogP contribution in [0.25, 0.3) is 0 Å². The molecule has 0 saturated carbocycles. The molecule has 0 fully saturated rings. The highest BCUT2D eigenvalue weighted by atomic mass is 35.5. The summed E-state index contributed by atoms with van der Waals surface area (Å²) < 4.78 is 18.5. The molecular formula is C12H19ClFNO. The number of ether oxygens (including phenoxy) is 1. The Bertz CT molecular complexity index is 344. The van der Waals surface area contributed by atoms with Gasteiger partial charge in [0.05, 0.1) is 7.11 Å². The number of halogens is 2. The molecule has 1 unspecified atom stereocenters. The second kappa shape index (κ2) is 6.71. The van der Waals surface area contributed by atoms with E-state index >= 15 is 0 Å². The quantitative estimate of drug-likeness (QED) is 0.888. The largest absolute Gasteiger partial charge is 0.496 e. The van der Waals surface area contributed by atoms with E-state index in [0.717, 1.165) is 23.3 Å². The smallest absolute Gasteiger partial charge is 0.125 e. The molecule has 0 aromatic heterocycles. The Morgan fingerprint density at radius 1 is 1.44 bits per heavy atom. The van der Waals surface area contributed by atoms with E-state index in [2.05, 4.69) is 0 Å². The van der Waals surface area contributed by atoms with Gasteiger partial charge in [0.25, 0.3) is 0 Å². The van der Waals surface area contributed by atoms with Crippen molar-refractivity contribution < 1.29 is 9.13 Å². The molecule has 0 aliphatic carbocycles. The fourth-order valence-corrected chi connectivity index (χ4v) is 1.67. The molecule has 0 heterocycles. The Balaban J connectivity index is 0.00000225. The van der Waals surface area contributed by atoms with Gasteiger partial charge in [0.15, 0.2) is 0 Å². The van der Waals surface area contributed by atoms with Crippen LogP contribution in [-0.4, -0.2) is 13.2 Å². The van der Waals surface area contributed by atoms with Gasteiger partial charge in [-0.25, -0.2) is 4.39 Å². The molecule has 16 heavy (non-hydrogen) atoms. The number of hydrogen-bond acceptors (Lipinski definition) is 2. The maximum Gasteiger partial charge on any atom is 0.125 e. The lowest BCUT2D eigenvalue weighted by Crippen LogP contribution is -2.21. The van der Waals surface area contributed by atoms with E-state index in [1.54, 1.807) is 7.11 Å². The minimum atomic E-state index is -0.230. The van der Waals surface area contributed by atoms with Gasteiger partial charge in [0.2, 0.25) is 0 Å². The maximum absolute atomic E-state index is 13.2. The summed E-state index contributed by atoms with van der Waals surface area (Å²) >= 11 is 0. The summed E-state index contributed by atoms with van der Waals surface area (Å²) in [6.45, 7) is 3.85. The standard InChI is InChI=1S/C12H18FNO.ClH/c1-4-11(14)7-9-6-10(13)5-8(2)12(9)15-3;/h5-6,11H,4,7,14H2,1-3H3;1H. The molecule has 1 rings (SSSR count). The van der Waals surface area contributed by atoms with Crippen LogP contribution in [-0.2, 0) is 6.42 Å². The number of methoxy groups -OCH3 is 1. The van der Waals surface area contributed by atoms with Crippen molar-refractivity contribution in [2.75, 3.05) is 7.11 Å². The number of nitrogens with two attached hydrogens (primary N) is 1. The van der Waals surface area contributed by atoms with Crippen LogP contribution in [0.2, 0.25) is 0 Å². The monoisotopic (exact) mass is 247 g/mol. The molecule has 4 heteroatoms. The summed E-state index contributed by atoms with van der Waals surface area (Å²) in [5, 5.41) is 0. The molecule has 92 valence electrons. The average molecular weight is 248 g/mol. The van der Waals surface area contributed by atoms with E-state index < -0.39 is 0 Å². The van der Waals surface area contributed by atoms with E-state index in [-0.39, 0.29) is 24.3 Å². The van der Waals surface area contributed by atoms with Gasteiger partial charge < -0.3 is 10.5 Å². The van der Waals surface area contributed by atoms with Gasteiger partial charge in [-0.1, -0.05) is 6.92 Å². The van der Waals surface area contributed by atoms with Crippen molar-refractivity contribution in [2.24, 2.45) is 5.73 Å². The van der Waals surface area contributed by atoms with Gasteiger partial charge in [0, 0.05) is 6.04 Å². The van der Waals surface area contributed by atoms with Crippen molar-refractivity contribution in [1.82, 2.24) is 0 Å². The third kappa shape index (κ3) is 3.65. The van der Waals surface area contributed by atoms with Crippen LogP contribution >= 0.6 is 12.4 Å². The Kier molecular flexibility index (Phi) is 6.38. The van der Waals surface area contributed by atoms with Gasteiger partial charge in [0.1, 0.15) is 11.6 Å². The topological polar surface area (TPSA) is 35.2 Å². The second-order valence-electron chi connectivity index (χ2n) is 3.79. The SMILES string of the molecule is CCC(N)Cc1cc(F)cc(C)c1OC.Cl. The van der Waals surface area contributed by atoms with Crippen molar-refractivity contribution in [3.8, 4) is 5.75 Å². The normalized spacial score (nSPS) is 11.8. The second-order valence-corrected chi connectivity index (χ2v) is 3.79. The first-order valence-electron chi connectivity index (χ1n) is 5.17. The van der Waals surface area contributed by atoms with Crippen molar-refractivity contribution in [3.63, 3.8) is 0 Å². The number of rotatable bonds is 4. The molecular weight excluding hydrogens is 229 g/mol. The Morgan fingerprint density at radius 2 is 2.06 bits per heavy atom. The number of benzene rings is 1. The molecule has 0 spiro atoms. The van der Waals surface area contributed by atoms with Gasteiger partial charge in [-0.05, 0) is 43.0 Å². The zero-order chi connectivity index (χ0) is 11.4. The average Bonchev–Trinajstić information content (AvgIpc) is 2.17. The predicted molar refractivity (Wildman–Crippen MR) is 66.9 cm³/mol. The lowest BCUT2D eigenvalue weighted by molar-refractivity contribution is 0.403. The minimum Gasteiger partial charge on any atom is -0.496 e. The van der Waals surface area contributed by atoms with E-state index in [1.807, 2.05) is 13.8 Å². The molecule has 2 nitrogen and oxygen atoms in total. The molecule has 0 amide bonds. The van der Waals surface area contributed by atoms with Gasteiger partial charge in [-0.15, -0.1) is 12.4 Å². The van der Waals surface area contributed by atoms with Crippen LogP contribution in [0.4, 0.5) is 4.39 Å². The molecule has 2 N–H and O–H groups in total. The van der Waals surface area contributed by atoms with Gasteiger partial charge >= 0.3 is 0 Å². The van der Waals surface area contributed by atoms with Crippen LogP contribution < -0.4 is 10.5 Å². The first kappa shape index (κ1) is 15.2. The summed E-state index contributed by atoms with van der Waals surface area (Å²) in [5.41, 5.74) is 7.52. The summed E-state index contributed by atoms with van der Waals surface area (Å²) in [6.07, 6.45) is 1.52. The van der Waals surface area contributed by atoms with Crippen molar-refractivity contribution in [1.29, 1.82) is 0 Å². The van der Waals surface area contributed by atoms with Crippen LogP contribution in [0.5, 0.6) is 5.75 Å². The highest BCUT2D eigenvalue weighted by Gasteiger charge is 2.11. The Morgan fingerprint density at radius 3 is 2.56 bits per heavy atom. The van der Waals surface area contributed by atoms with Crippen molar-refractivity contribution >= 4 is 12.4 Å². The predicted octanol–water partition coefficient (Wildman–Crippen LogP) is 2.84. The van der Waals surface area contributed by atoms with Crippen LogP contribution in [0.1, 0.15) is 24.5 Å². The summed E-state index contributed by atoms with van der Waals surface area (Å²) in [4.78, 5) is 0. The molecule has 0 bridgehead atoms. The van der Waals surface area contributed by atoms with Crippen molar-refractivity contribution in [3.05, 3.63) is 29.1 Å². The van der Waals surface area contributed by atoms with Crippen LogP contribution in [0.3, 0.4) is 0 Å². The Labute approximate surface area is 102 Å². The van der Waals surface area contributed by atoms with Crippen LogP contribution in [0.15, 0.2) is 12.1 Å². The summed E-state index contributed by atoms with van der Waals surface area (Å²) in [6, 6.07) is 3.03. The van der Waals surface area contributed by atoms with Crippen molar-refractivity contribution in [2.45, 2.75) is 32.7 Å². The fourth-order valence-electron chi connectivity index (χ4n) is 1.67. The highest BCUT2D eigenvalue weighted by molar-refractivity contribution is 5.85. The molecule has 0 radical (unpaired) electrons. The Hall–Kier alpha value is -0.800. The molecule has 0 saturated heterocycles. The summed E-state index contributed by atoms with van der Waals surface area (Å²) in [7, 11) is 1.60. The zero-order valence-electron chi connectivity index (χ0n) is 9.92. The van der Waals surface area contributed by atoms with Crippen LogP contribution in [0, 0.1) is 12.7 Å². The zero-order valence-corrected chi connectivity index (χ0v) is 10.7. The van der Waals surface area contributed by atoms with E-state index in [1.165, 1.54) is 12.1 Å². The molecule has 0 aliphatic heterocycles. The summed E-state index contributed by atoms with van der Waals surface area (Å²) in [5.74, 6) is 0.520. The molecule has 1 atom stereocenters. The first-order chi connectivity index (χ1) is 7.08. The minimum absolute atomic E-state index is 0. The molecule has 0 aliphatic rings. The van der Waals surface area contributed by atoms with Gasteiger partial charge in [-0.2, -0.15) is 0 Å². The van der Waals surface area contributed by atoms with E-state index in [0.29, 0.717) is 6.42 Å². The highest BCUT2D eigenvalue weighted by Crippen LogP contribution is 2.25. The third-order valence-electron chi connectivity index (χ3n) is 2.53. The first-order valence-corrected chi connectivity index (χ1v) is 5.17. The maximum atomic E-state index is 13.2. The molecule has 1 aromatic rings. The molecule has 1 aromatic carbocycles. The van der Waals surface area contributed by atoms with E-state index in [4.69, 9.17) is 10.5 Å². The third-order valence-corrected chi connectivity index (χ3v) is 2.53. The number of aryl methyl sites for hydroxylation is 1. The van der Waals surface area contributed by atoms with E-state index in [9.17, 15) is 4.39 Å². The lowest BCUT2D eigenvalue weighted by Gasteiger charge is -2.14. The van der Waals surface area contributed by atoms with Gasteiger partial charge in [-0.3, -0.25) is 0 Å². The lowest BCUT2D eigenvalue weighted by atomic mass is 10.0.